The summed E-state index contributed by atoms with van der Waals surface area (Å²) < 4.78 is 13.0. The number of carbonyl (C=O) groups is 1. The number of benzene rings is 1. The molecule has 4 nitrogen and oxygen atoms in total. The fourth-order valence-corrected chi connectivity index (χ4v) is 2.12. The van der Waals surface area contributed by atoms with E-state index in [2.05, 4.69) is 5.32 Å². The highest BCUT2D eigenvalue weighted by molar-refractivity contribution is 7.14. The van der Waals surface area contributed by atoms with E-state index in [4.69, 9.17) is 11.0 Å². The summed E-state index contributed by atoms with van der Waals surface area (Å²) in [7, 11) is 0. The predicted octanol–water partition coefficient (Wildman–Crippen LogP) is 2.59. The monoisotopic (exact) mass is 261 g/mol. The molecule has 2 aromatic rings. The van der Waals surface area contributed by atoms with Crippen LogP contribution in [-0.2, 0) is 0 Å². The third kappa shape index (κ3) is 2.31. The van der Waals surface area contributed by atoms with Crippen LogP contribution < -0.4 is 11.1 Å². The van der Waals surface area contributed by atoms with Crippen LogP contribution in [0.2, 0.25) is 0 Å². The first kappa shape index (κ1) is 12.1. The fraction of sp³-hybridized carbons (Fsp3) is 0. The molecule has 0 fully saturated rings. The summed E-state index contributed by atoms with van der Waals surface area (Å²) in [6.45, 7) is 0. The molecule has 1 heterocycles. The van der Waals surface area contributed by atoms with Gasteiger partial charge in [0.15, 0.2) is 0 Å². The molecule has 2 rings (SSSR count). The molecule has 18 heavy (non-hydrogen) atoms. The van der Waals surface area contributed by atoms with Gasteiger partial charge in [-0.3, -0.25) is 4.79 Å². The molecule has 0 aliphatic heterocycles. The van der Waals surface area contributed by atoms with Crippen molar-refractivity contribution in [2.24, 2.45) is 0 Å². The molecule has 0 radical (unpaired) electrons. The summed E-state index contributed by atoms with van der Waals surface area (Å²) in [5.74, 6) is -1.08. The normalized spacial score (nSPS) is 9.78. The van der Waals surface area contributed by atoms with Crippen molar-refractivity contribution >= 4 is 27.9 Å². The van der Waals surface area contributed by atoms with E-state index in [1.807, 2.05) is 6.07 Å². The minimum absolute atomic E-state index is 0.0484. The minimum atomic E-state index is -0.541. The number of nitrogens with two attached hydrogens (primary N) is 1. The Labute approximate surface area is 106 Å². The number of thiophene rings is 1. The Morgan fingerprint density at radius 1 is 1.44 bits per heavy atom. The lowest BCUT2D eigenvalue weighted by Crippen LogP contribution is -2.14. The van der Waals surface area contributed by atoms with Gasteiger partial charge in [-0.15, -0.1) is 11.3 Å². The molecule has 0 aliphatic carbocycles. The largest absolute Gasteiger partial charge is 0.398 e. The van der Waals surface area contributed by atoms with Crippen molar-refractivity contribution < 1.29 is 9.18 Å². The Balaban J connectivity index is 2.28. The van der Waals surface area contributed by atoms with E-state index in [0.29, 0.717) is 10.6 Å². The molecule has 1 amide bonds. The van der Waals surface area contributed by atoms with Crippen LogP contribution in [0.25, 0.3) is 0 Å². The predicted molar refractivity (Wildman–Crippen MR) is 67.8 cm³/mol. The van der Waals surface area contributed by atoms with Gasteiger partial charge >= 0.3 is 0 Å². The van der Waals surface area contributed by atoms with Crippen LogP contribution in [0, 0.1) is 17.1 Å². The number of nitrogen functional groups attached to an aromatic ring is 1. The first-order valence-corrected chi connectivity index (χ1v) is 5.83. The lowest BCUT2D eigenvalue weighted by atomic mass is 10.1. The molecule has 0 spiro atoms. The number of hydrogen-bond acceptors (Lipinski definition) is 4. The van der Waals surface area contributed by atoms with Crippen LogP contribution in [0.1, 0.15) is 15.9 Å². The second kappa shape index (κ2) is 4.85. The molecule has 90 valence electrons. The molecule has 0 unspecified atom stereocenters. The Morgan fingerprint density at radius 2 is 2.22 bits per heavy atom. The third-order valence-corrected chi connectivity index (χ3v) is 3.10. The average Bonchev–Trinajstić information content (AvgIpc) is 2.79. The van der Waals surface area contributed by atoms with Gasteiger partial charge in [0.2, 0.25) is 0 Å². The molecule has 1 aromatic heterocycles. The molecule has 0 saturated carbocycles. The highest BCUT2D eigenvalue weighted by atomic mass is 32.1. The quantitative estimate of drug-likeness (QED) is 0.815. The topological polar surface area (TPSA) is 78.9 Å². The summed E-state index contributed by atoms with van der Waals surface area (Å²) in [5.41, 5.74) is 6.20. The van der Waals surface area contributed by atoms with Gasteiger partial charge in [0, 0.05) is 5.69 Å². The van der Waals surface area contributed by atoms with Crippen molar-refractivity contribution in [3.63, 3.8) is 0 Å². The van der Waals surface area contributed by atoms with Crippen molar-refractivity contribution in [3.05, 3.63) is 46.6 Å². The van der Waals surface area contributed by atoms with Crippen LogP contribution in [0.4, 0.5) is 15.1 Å². The smallest absolute Gasteiger partial charge is 0.258 e. The molecule has 0 atom stereocenters. The second-order valence-electron chi connectivity index (χ2n) is 3.46. The molecular formula is C12H8FN3OS. The Morgan fingerprint density at radius 3 is 2.94 bits per heavy atom. The molecule has 0 aliphatic rings. The molecule has 6 heteroatoms. The first-order valence-electron chi connectivity index (χ1n) is 4.96. The molecule has 3 N–H and O–H groups in total. The van der Waals surface area contributed by atoms with Crippen LogP contribution >= 0.6 is 11.3 Å². The summed E-state index contributed by atoms with van der Waals surface area (Å²) in [6.07, 6.45) is 0. The molecule has 0 bridgehead atoms. The van der Waals surface area contributed by atoms with E-state index in [1.54, 1.807) is 11.4 Å². The first-order chi connectivity index (χ1) is 8.61. The molecular weight excluding hydrogens is 253 g/mol. The lowest BCUT2D eigenvalue weighted by molar-refractivity contribution is 0.102. The lowest BCUT2D eigenvalue weighted by Gasteiger charge is -2.06. The number of halogens is 1. The van der Waals surface area contributed by atoms with E-state index >= 15 is 0 Å². The number of nitrogens with one attached hydrogen (secondary N) is 1. The molecule has 0 saturated heterocycles. The number of amides is 1. The van der Waals surface area contributed by atoms with Gasteiger partial charge in [-0.2, -0.15) is 5.26 Å². The maximum atomic E-state index is 13.0. The number of nitrogens with zero attached hydrogens (tertiary/aromatic N) is 1. The van der Waals surface area contributed by atoms with Gasteiger partial charge in [-0.05, 0) is 29.6 Å². The highest BCUT2D eigenvalue weighted by Gasteiger charge is 2.13. The van der Waals surface area contributed by atoms with Crippen molar-refractivity contribution in [2.75, 3.05) is 11.1 Å². The van der Waals surface area contributed by atoms with Crippen molar-refractivity contribution in [3.8, 4) is 6.07 Å². The van der Waals surface area contributed by atoms with Crippen LogP contribution in [0.15, 0.2) is 29.6 Å². The van der Waals surface area contributed by atoms with Crippen molar-refractivity contribution in [1.29, 1.82) is 5.26 Å². The van der Waals surface area contributed by atoms with Gasteiger partial charge in [-0.1, -0.05) is 0 Å². The van der Waals surface area contributed by atoms with E-state index in [0.717, 1.165) is 6.07 Å². The maximum absolute atomic E-state index is 13.0. The van der Waals surface area contributed by atoms with Crippen LogP contribution in [0.3, 0.4) is 0 Å². The number of nitriles is 1. The van der Waals surface area contributed by atoms with E-state index in [1.165, 1.54) is 23.5 Å². The van der Waals surface area contributed by atoms with Gasteiger partial charge in [0.25, 0.3) is 5.91 Å². The van der Waals surface area contributed by atoms with Crippen molar-refractivity contribution in [2.45, 2.75) is 0 Å². The third-order valence-electron chi connectivity index (χ3n) is 2.27. The standard InChI is InChI=1S/C12H8FN3OS/c13-8-1-2-10(15)9(5-8)11(17)16-12-7(6-14)3-4-18-12/h1-5H,15H2,(H,16,17). The zero-order chi connectivity index (χ0) is 13.1. The fourth-order valence-electron chi connectivity index (χ4n) is 1.39. The minimum Gasteiger partial charge on any atom is -0.398 e. The van der Waals surface area contributed by atoms with Gasteiger partial charge in [0.05, 0.1) is 11.1 Å². The van der Waals surface area contributed by atoms with E-state index in [9.17, 15) is 9.18 Å². The summed E-state index contributed by atoms with van der Waals surface area (Å²) >= 11 is 1.22. The molecule has 1 aromatic carbocycles. The van der Waals surface area contributed by atoms with Gasteiger partial charge in [0.1, 0.15) is 16.9 Å². The van der Waals surface area contributed by atoms with Gasteiger partial charge in [-0.25, -0.2) is 4.39 Å². The summed E-state index contributed by atoms with van der Waals surface area (Å²) in [4.78, 5) is 11.9. The van der Waals surface area contributed by atoms with E-state index in [-0.39, 0.29) is 11.3 Å². The maximum Gasteiger partial charge on any atom is 0.258 e. The average molecular weight is 261 g/mol. The number of carbonyl (C=O) groups excluding carboxylic acids is 1. The Hall–Kier alpha value is -2.39. The zero-order valence-electron chi connectivity index (χ0n) is 9.11. The van der Waals surface area contributed by atoms with E-state index < -0.39 is 11.7 Å². The van der Waals surface area contributed by atoms with Crippen molar-refractivity contribution in [1.82, 2.24) is 0 Å². The Kier molecular flexibility index (Phi) is 3.26. The SMILES string of the molecule is N#Cc1ccsc1NC(=O)c1cc(F)ccc1N. The number of rotatable bonds is 2. The highest BCUT2D eigenvalue weighted by Crippen LogP contribution is 2.24. The van der Waals surface area contributed by atoms with Crippen LogP contribution in [0.5, 0.6) is 0 Å². The zero-order valence-corrected chi connectivity index (χ0v) is 9.92. The number of anilines is 2. The number of hydrogen-bond donors (Lipinski definition) is 2. The Bertz CT molecular complexity index is 645. The summed E-state index contributed by atoms with van der Waals surface area (Å²) in [6, 6.07) is 7.10. The van der Waals surface area contributed by atoms with Gasteiger partial charge < -0.3 is 11.1 Å². The second-order valence-corrected chi connectivity index (χ2v) is 4.38. The van der Waals surface area contributed by atoms with Crippen LogP contribution in [-0.4, -0.2) is 5.91 Å². The summed E-state index contributed by atoms with van der Waals surface area (Å²) in [5, 5.41) is 13.5.